The van der Waals surface area contributed by atoms with Crippen molar-refractivity contribution in [1.82, 2.24) is 9.29 Å². The molecule has 1 N–H and O–H groups in total. The van der Waals surface area contributed by atoms with Crippen LogP contribution < -0.4 is 10.2 Å². The number of rotatable bonds is 7. The molecule has 30 heavy (non-hydrogen) atoms. The predicted molar refractivity (Wildman–Crippen MR) is 119 cm³/mol. The van der Waals surface area contributed by atoms with Crippen molar-refractivity contribution in [1.29, 1.82) is 0 Å². The molecule has 1 saturated heterocycles. The fourth-order valence-corrected chi connectivity index (χ4v) is 5.82. The molecule has 6 nitrogen and oxygen atoms in total. The van der Waals surface area contributed by atoms with Crippen LogP contribution in [0.5, 0.6) is 0 Å². The second kappa shape index (κ2) is 9.31. The van der Waals surface area contributed by atoms with Gasteiger partial charge in [0.05, 0.1) is 5.69 Å². The SMILES string of the molecule is CC(C)N(C(C)C)S(=O)(=O)c1ccc(N2CCC(Nc3ccccc3F)CC2)nc1. The van der Waals surface area contributed by atoms with E-state index in [1.807, 2.05) is 33.8 Å². The Morgan fingerprint density at radius 1 is 1.07 bits per heavy atom. The van der Waals surface area contributed by atoms with E-state index in [9.17, 15) is 12.8 Å². The van der Waals surface area contributed by atoms with Crippen LogP contribution in [0.15, 0.2) is 47.5 Å². The molecule has 0 radical (unpaired) electrons. The minimum atomic E-state index is -3.59. The van der Waals surface area contributed by atoms with Crippen molar-refractivity contribution in [2.75, 3.05) is 23.3 Å². The zero-order valence-electron chi connectivity index (χ0n) is 18.0. The summed E-state index contributed by atoms with van der Waals surface area (Å²) in [7, 11) is -3.59. The summed E-state index contributed by atoms with van der Waals surface area (Å²) < 4.78 is 41.3. The summed E-state index contributed by atoms with van der Waals surface area (Å²) in [6.07, 6.45) is 3.15. The van der Waals surface area contributed by atoms with Crippen LogP contribution in [0.2, 0.25) is 0 Å². The lowest BCUT2D eigenvalue weighted by molar-refractivity contribution is 0.302. The average Bonchev–Trinajstić information content (AvgIpc) is 2.69. The quantitative estimate of drug-likeness (QED) is 0.710. The Balaban J connectivity index is 1.64. The van der Waals surface area contributed by atoms with Gasteiger partial charge in [-0.3, -0.25) is 0 Å². The first-order valence-electron chi connectivity index (χ1n) is 10.5. The smallest absolute Gasteiger partial charge is 0.245 e. The van der Waals surface area contributed by atoms with Gasteiger partial charge in [-0.15, -0.1) is 0 Å². The molecule has 2 aromatic rings. The fraction of sp³-hybridized carbons (Fsp3) is 0.500. The van der Waals surface area contributed by atoms with E-state index in [0.29, 0.717) is 5.69 Å². The minimum absolute atomic E-state index is 0.129. The number of nitrogens with one attached hydrogen (secondary N) is 1. The summed E-state index contributed by atoms with van der Waals surface area (Å²) in [6.45, 7) is 9.04. The Morgan fingerprint density at radius 2 is 1.70 bits per heavy atom. The molecular formula is C22H31FN4O2S. The average molecular weight is 435 g/mol. The van der Waals surface area contributed by atoms with Gasteiger partial charge < -0.3 is 10.2 Å². The number of hydrogen-bond donors (Lipinski definition) is 1. The highest BCUT2D eigenvalue weighted by molar-refractivity contribution is 7.89. The Kier molecular flexibility index (Phi) is 6.98. The molecule has 0 aliphatic carbocycles. The van der Waals surface area contributed by atoms with Crippen molar-refractivity contribution in [2.24, 2.45) is 0 Å². The topological polar surface area (TPSA) is 65.5 Å². The number of piperidine rings is 1. The van der Waals surface area contributed by atoms with Gasteiger partial charge in [0.1, 0.15) is 16.5 Å². The number of nitrogens with zero attached hydrogens (tertiary/aromatic N) is 3. The molecule has 3 rings (SSSR count). The van der Waals surface area contributed by atoms with Crippen LogP contribution in [0.25, 0.3) is 0 Å². The van der Waals surface area contributed by atoms with Crippen molar-refractivity contribution in [3.63, 3.8) is 0 Å². The molecule has 0 atom stereocenters. The van der Waals surface area contributed by atoms with E-state index in [1.165, 1.54) is 16.6 Å². The Hall–Kier alpha value is -2.19. The molecule has 0 amide bonds. The maximum atomic E-state index is 13.8. The maximum Gasteiger partial charge on any atom is 0.245 e. The maximum absolute atomic E-state index is 13.8. The van der Waals surface area contributed by atoms with Gasteiger partial charge in [-0.2, -0.15) is 4.31 Å². The van der Waals surface area contributed by atoms with E-state index < -0.39 is 10.0 Å². The number of para-hydroxylation sites is 1. The van der Waals surface area contributed by atoms with Crippen LogP contribution in [0.4, 0.5) is 15.9 Å². The zero-order chi connectivity index (χ0) is 21.9. The van der Waals surface area contributed by atoms with E-state index in [0.717, 1.165) is 31.7 Å². The molecule has 8 heteroatoms. The number of benzene rings is 1. The molecule has 1 fully saturated rings. The minimum Gasteiger partial charge on any atom is -0.380 e. The lowest BCUT2D eigenvalue weighted by Gasteiger charge is -2.34. The van der Waals surface area contributed by atoms with Crippen LogP contribution in [-0.2, 0) is 10.0 Å². The number of hydrogen-bond acceptors (Lipinski definition) is 5. The monoisotopic (exact) mass is 434 g/mol. The number of sulfonamides is 1. The predicted octanol–water partition coefficient (Wildman–Crippen LogP) is 4.11. The third-order valence-corrected chi connectivity index (χ3v) is 7.60. The van der Waals surface area contributed by atoms with Crippen molar-refractivity contribution in [3.8, 4) is 0 Å². The summed E-state index contributed by atoms with van der Waals surface area (Å²) in [4.78, 5) is 6.78. The number of aromatic nitrogens is 1. The Bertz CT molecular complexity index is 932. The van der Waals surface area contributed by atoms with Crippen LogP contribution in [0, 0.1) is 5.82 Å². The van der Waals surface area contributed by atoms with Gasteiger partial charge >= 0.3 is 0 Å². The van der Waals surface area contributed by atoms with E-state index in [4.69, 9.17) is 0 Å². The van der Waals surface area contributed by atoms with Gasteiger partial charge in [-0.25, -0.2) is 17.8 Å². The summed E-state index contributed by atoms with van der Waals surface area (Å²) >= 11 is 0. The summed E-state index contributed by atoms with van der Waals surface area (Å²) in [5.74, 6) is 0.522. The first-order chi connectivity index (χ1) is 14.2. The zero-order valence-corrected chi connectivity index (χ0v) is 18.9. The van der Waals surface area contributed by atoms with Crippen LogP contribution >= 0.6 is 0 Å². The van der Waals surface area contributed by atoms with Crippen molar-refractivity contribution >= 4 is 21.5 Å². The number of pyridine rings is 1. The normalized spacial score (nSPS) is 15.9. The largest absolute Gasteiger partial charge is 0.380 e. The van der Waals surface area contributed by atoms with E-state index in [-0.39, 0.29) is 28.8 Å². The third-order valence-electron chi connectivity index (χ3n) is 5.37. The van der Waals surface area contributed by atoms with Crippen molar-refractivity contribution in [2.45, 2.75) is 63.6 Å². The van der Waals surface area contributed by atoms with Crippen molar-refractivity contribution in [3.05, 3.63) is 48.4 Å². The second-order valence-corrected chi connectivity index (χ2v) is 10.1. The van der Waals surface area contributed by atoms with E-state index >= 15 is 0 Å². The van der Waals surface area contributed by atoms with Gasteiger partial charge in [0, 0.05) is 37.4 Å². The number of halogens is 1. The molecule has 1 aromatic heterocycles. The summed E-state index contributed by atoms with van der Waals surface area (Å²) in [6, 6.07) is 10.1. The lowest BCUT2D eigenvalue weighted by Crippen LogP contribution is -2.42. The molecule has 0 saturated carbocycles. The van der Waals surface area contributed by atoms with Crippen LogP contribution in [0.1, 0.15) is 40.5 Å². The summed E-state index contributed by atoms with van der Waals surface area (Å²) in [5, 5.41) is 3.28. The van der Waals surface area contributed by atoms with Gasteiger partial charge in [-0.05, 0) is 64.8 Å². The molecule has 1 aromatic carbocycles. The lowest BCUT2D eigenvalue weighted by atomic mass is 10.0. The van der Waals surface area contributed by atoms with Crippen molar-refractivity contribution < 1.29 is 12.8 Å². The van der Waals surface area contributed by atoms with Gasteiger partial charge in [0.25, 0.3) is 0 Å². The highest BCUT2D eigenvalue weighted by Gasteiger charge is 2.30. The first kappa shape index (κ1) is 22.5. The molecule has 1 aliphatic heterocycles. The van der Waals surface area contributed by atoms with Crippen LogP contribution in [0.3, 0.4) is 0 Å². The Labute approximate surface area is 179 Å². The number of anilines is 2. The highest BCUT2D eigenvalue weighted by atomic mass is 32.2. The molecule has 2 heterocycles. The Morgan fingerprint density at radius 3 is 2.23 bits per heavy atom. The third kappa shape index (κ3) is 4.92. The molecule has 0 bridgehead atoms. The molecule has 164 valence electrons. The molecular weight excluding hydrogens is 403 g/mol. The summed E-state index contributed by atoms with van der Waals surface area (Å²) in [5.41, 5.74) is 0.531. The highest BCUT2D eigenvalue weighted by Crippen LogP contribution is 2.25. The molecule has 0 unspecified atom stereocenters. The molecule has 1 aliphatic rings. The van der Waals surface area contributed by atoms with Crippen LogP contribution in [-0.4, -0.2) is 48.9 Å². The fourth-order valence-electron chi connectivity index (χ4n) is 4.04. The van der Waals surface area contributed by atoms with E-state index in [2.05, 4.69) is 15.2 Å². The van der Waals surface area contributed by atoms with Gasteiger partial charge in [0.2, 0.25) is 10.0 Å². The second-order valence-electron chi connectivity index (χ2n) is 8.26. The standard InChI is InChI=1S/C22H31FN4O2S/c1-16(2)27(17(3)4)30(28,29)19-9-10-22(24-15-19)26-13-11-18(12-14-26)25-21-8-6-5-7-20(21)23/h5-10,15-18,25H,11-14H2,1-4H3. The van der Waals surface area contributed by atoms with E-state index in [1.54, 1.807) is 24.3 Å². The first-order valence-corrected chi connectivity index (χ1v) is 11.9. The molecule has 0 spiro atoms. The van der Waals surface area contributed by atoms with Gasteiger partial charge in [-0.1, -0.05) is 12.1 Å². The van der Waals surface area contributed by atoms with Gasteiger partial charge in [0.15, 0.2) is 0 Å².